The maximum Gasteiger partial charge on any atom is 0.261 e. The van der Waals surface area contributed by atoms with Gasteiger partial charge in [0, 0.05) is 22.5 Å². The van der Waals surface area contributed by atoms with Crippen LogP contribution in [0.25, 0.3) is 10.2 Å². The molecule has 7 heteroatoms. The number of benzene rings is 1. The normalized spacial score (nSPS) is 11.9. The molecule has 0 fully saturated rings. The maximum atomic E-state index is 12.4. The first-order valence-electron chi connectivity index (χ1n) is 8.02. The first-order chi connectivity index (χ1) is 11.7. The van der Waals surface area contributed by atoms with Crippen LogP contribution in [-0.4, -0.2) is 27.8 Å². The molecule has 0 saturated carbocycles. The summed E-state index contributed by atoms with van der Waals surface area (Å²) < 4.78 is 1.90. The van der Waals surface area contributed by atoms with E-state index in [2.05, 4.69) is 10.4 Å². The van der Waals surface area contributed by atoms with E-state index in [9.17, 15) is 4.79 Å². The van der Waals surface area contributed by atoms with Gasteiger partial charge in [-0.15, -0.1) is 11.3 Å². The van der Waals surface area contributed by atoms with Crippen LogP contribution in [0, 0.1) is 6.92 Å². The zero-order chi connectivity index (χ0) is 18.2. The second kappa shape index (κ2) is 6.78. The molecule has 2 heterocycles. The van der Waals surface area contributed by atoms with Crippen LogP contribution in [0.5, 0.6) is 0 Å². The zero-order valence-corrected chi connectivity index (χ0v) is 16.0. The summed E-state index contributed by atoms with van der Waals surface area (Å²) in [5, 5.41) is 9.18. The Morgan fingerprint density at radius 1 is 1.40 bits per heavy atom. The highest BCUT2D eigenvalue weighted by Gasteiger charge is 2.18. The molecule has 132 valence electrons. The number of rotatable bonds is 5. The van der Waals surface area contributed by atoms with Crippen LogP contribution in [0.1, 0.15) is 34.8 Å². The Labute approximate surface area is 155 Å². The minimum atomic E-state index is -0.441. The fourth-order valence-electron chi connectivity index (χ4n) is 2.51. The number of nitrogens with two attached hydrogens (primary N) is 1. The molecule has 0 atom stereocenters. The lowest BCUT2D eigenvalue weighted by Crippen LogP contribution is -2.44. The fourth-order valence-corrected chi connectivity index (χ4v) is 3.79. The molecule has 3 aromatic rings. The SMILES string of the molecule is Cc1nn(Cc2ccccc2Cl)c2sc(C(=O)NCC(C)(C)N)cc12. The van der Waals surface area contributed by atoms with Gasteiger partial charge in [0.1, 0.15) is 4.83 Å². The number of amides is 1. The summed E-state index contributed by atoms with van der Waals surface area (Å²) in [6, 6.07) is 9.60. The number of fused-ring (bicyclic) bond motifs is 1. The second-order valence-electron chi connectivity index (χ2n) is 6.84. The highest BCUT2D eigenvalue weighted by atomic mass is 35.5. The molecule has 0 spiro atoms. The largest absolute Gasteiger partial charge is 0.350 e. The summed E-state index contributed by atoms with van der Waals surface area (Å²) in [5.74, 6) is -0.108. The van der Waals surface area contributed by atoms with Crippen molar-refractivity contribution in [2.75, 3.05) is 6.54 Å². The van der Waals surface area contributed by atoms with Gasteiger partial charge in [0.15, 0.2) is 0 Å². The first kappa shape index (κ1) is 17.9. The van der Waals surface area contributed by atoms with Crippen LogP contribution in [0.15, 0.2) is 30.3 Å². The Morgan fingerprint density at radius 3 is 2.80 bits per heavy atom. The number of nitrogens with zero attached hydrogens (tertiary/aromatic N) is 2. The minimum absolute atomic E-state index is 0.108. The van der Waals surface area contributed by atoms with E-state index in [0.29, 0.717) is 23.0 Å². The van der Waals surface area contributed by atoms with Crippen molar-refractivity contribution >= 4 is 39.1 Å². The lowest BCUT2D eigenvalue weighted by Gasteiger charge is -2.18. The summed E-state index contributed by atoms with van der Waals surface area (Å²) >= 11 is 7.69. The third-order valence-corrected chi connectivity index (χ3v) is 5.33. The molecular weight excluding hydrogens is 356 g/mol. The summed E-state index contributed by atoms with van der Waals surface area (Å²) in [6.45, 7) is 6.70. The minimum Gasteiger partial charge on any atom is -0.350 e. The Hall–Kier alpha value is -1.89. The number of aromatic nitrogens is 2. The van der Waals surface area contributed by atoms with E-state index in [-0.39, 0.29) is 5.91 Å². The van der Waals surface area contributed by atoms with Gasteiger partial charge >= 0.3 is 0 Å². The molecule has 1 amide bonds. The molecule has 25 heavy (non-hydrogen) atoms. The van der Waals surface area contributed by atoms with E-state index in [1.807, 2.05) is 55.8 Å². The quantitative estimate of drug-likeness (QED) is 0.714. The predicted molar refractivity (Wildman–Crippen MR) is 104 cm³/mol. The van der Waals surface area contributed by atoms with E-state index in [1.165, 1.54) is 11.3 Å². The third-order valence-electron chi connectivity index (χ3n) is 3.81. The van der Waals surface area contributed by atoms with Crippen LogP contribution in [0.3, 0.4) is 0 Å². The van der Waals surface area contributed by atoms with Crippen molar-refractivity contribution in [2.24, 2.45) is 5.73 Å². The molecule has 0 aliphatic heterocycles. The van der Waals surface area contributed by atoms with E-state index >= 15 is 0 Å². The van der Waals surface area contributed by atoms with Crippen molar-refractivity contribution in [3.05, 3.63) is 51.5 Å². The number of carbonyl (C=O) groups is 1. The number of hydrogen-bond acceptors (Lipinski definition) is 4. The number of carbonyl (C=O) groups excluding carboxylic acids is 1. The maximum absolute atomic E-state index is 12.4. The molecular formula is C18H21ClN4OS. The van der Waals surface area contributed by atoms with Crippen LogP contribution in [0.4, 0.5) is 0 Å². The first-order valence-corrected chi connectivity index (χ1v) is 9.21. The van der Waals surface area contributed by atoms with Crippen molar-refractivity contribution in [1.29, 1.82) is 0 Å². The summed E-state index contributed by atoms with van der Waals surface area (Å²) in [4.78, 5) is 14.0. The van der Waals surface area contributed by atoms with Crippen LogP contribution < -0.4 is 11.1 Å². The molecule has 5 nitrogen and oxygen atoms in total. The van der Waals surface area contributed by atoms with Crippen molar-refractivity contribution in [2.45, 2.75) is 32.9 Å². The molecule has 0 aliphatic rings. The summed E-state index contributed by atoms with van der Waals surface area (Å²) in [6.07, 6.45) is 0. The lowest BCUT2D eigenvalue weighted by atomic mass is 10.1. The van der Waals surface area contributed by atoms with E-state index < -0.39 is 5.54 Å². The Bertz CT molecular complexity index is 923. The van der Waals surface area contributed by atoms with E-state index in [1.54, 1.807) is 0 Å². The Morgan fingerprint density at radius 2 is 2.12 bits per heavy atom. The van der Waals surface area contributed by atoms with E-state index in [4.69, 9.17) is 17.3 Å². The van der Waals surface area contributed by atoms with Gasteiger partial charge in [-0.05, 0) is 38.5 Å². The van der Waals surface area contributed by atoms with Gasteiger partial charge in [-0.3, -0.25) is 9.48 Å². The number of nitrogens with one attached hydrogen (secondary N) is 1. The number of thiophene rings is 1. The number of hydrogen-bond donors (Lipinski definition) is 2. The van der Waals surface area contributed by atoms with Gasteiger partial charge in [-0.2, -0.15) is 5.10 Å². The number of aryl methyl sites for hydroxylation is 1. The highest BCUT2D eigenvalue weighted by Crippen LogP contribution is 2.29. The molecule has 0 bridgehead atoms. The van der Waals surface area contributed by atoms with Gasteiger partial charge in [0.25, 0.3) is 5.91 Å². The monoisotopic (exact) mass is 376 g/mol. The summed E-state index contributed by atoms with van der Waals surface area (Å²) in [7, 11) is 0. The molecule has 0 unspecified atom stereocenters. The van der Waals surface area contributed by atoms with Crippen LogP contribution >= 0.6 is 22.9 Å². The molecule has 1 aromatic carbocycles. The lowest BCUT2D eigenvalue weighted by molar-refractivity contribution is 0.0950. The average Bonchev–Trinajstić information content (AvgIpc) is 3.08. The summed E-state index contributed by atoms with van der Waals surface area (Å²) in [5.41, 5.74) is 7.38. The Balaban J connectivity index is 1.88. The topological polar surface area (TPSA) is 72.9 Å². The zero-order valence-electron chi connectivity index (χ0n) is 14.5. The van der Waals surface area contributed by atoms with Gasteiger partial charge in [0.05, 0.1) is 17.1 Å². The molecule has 3 rings (SSSR count). The highest BCUT2D eigenvalue weighted by molar-refractivity contribution is 7.20. The van der Waals surface area contributed by atoms with Crippen molar-refractivity contribution in [3.8, 4) is 0 Å². The standard InChI is InChI=1S/C18H21ClN4OS/c1-11-13-8-15(16(24)21-10-18(2,3)20)25-17(13)23(22-11)9-12-6-4-5-7-14(12)19/h4-8H,9-10,20H2,1-3H3,(H,21,24). The predicted octanol–water partition coefficient (Wildman–Crippen LogP) is 3.58. The third kappa shape index (κ3) is 4.03. The van der Waals surface area contributed by atoms with Crippen LogP contribution in [-0.2, 0) is 6.54 Å². The second-order valence-corrected chi connectivity index (χ2v) is 8.27. The smallest absolute Gasteiger partial charge is 0.261 e. The molecule has 0 saturated heterocycles. The molecule has 0 radical (unpaired) electrons. The van der Waals surface area contributed by atoms with Gasteiger partial charge in [-0.1, -0.05) is 29.8 Å². The van der Waals surface area contributed by atoms with Gasteiger partial charge in [0.2, 0.25) is 0 Å². The molecule has 2 aromatic heterocycles. The van der Waals surface area contributed by atoms with Crippen LogP contribution in [0.2, 0.25) is 5.02 Å². The number of halogens is 1. The van der Waals surface area contributed by atoms with Gasteiger partial charge < -0.3 is 11.1 Å². The van der Waals surface area contributed by atoms with Crippen molar-refractivity contribution < 1.29 is 4.79 Å². The Kier molecular flexibility index (Phi) is 4.86. The molecule has 0 aliphatic carbocycles. The fraction of sp³-hybridized carbons (Fsp3) is 0.333. The van der Waals surface area contributed by atoms with Crippen molar-refractivity contribution in [1.82, 2.24) is 15.1 Å². The average molecular weight is 377 g/mol. The molecule has 3 N–H and O–H groups in total. The van der Waals surface area contributed by atoms with E-state index in [0.717, 1.165) is 21.5 Å². The van der Waals surface area contributed by atoms with Gasteiger partial charge in [-0.25, -0.2) is 0 Å². The van der Waals surface area contributed by atoms with Crippen molar-refractivity contribution in [3.63, 3.8) is 0 Å².